The predicted molar refractivity (Wildman–Crippen MR) is 62.1 cm³/mol. The van der Waals surface area contributed by atoms with Crippen LogP contribution in [0, 0.1) is 5.41 Å². The van der Waals surface area contributed by atoms with Crippen molar-refractivity contribution in [1.82, 2.24) is 9.97 Å². The monoisotopic (exact) mass is 225 g/mol. The highest BCUT2D eigenvalue weighted by Crippen LogP contribution is 2.38. The number of nitrogens with one attached hydrogen (secondary N) is 1. The third-order valence-electron chi connectivity index (χ3n) is 3.13. The Hall–Kier alpha value is -0.830. The molecule has 1 aromatic rings. The Kier molecular flexibility index (Phi) is 3.41. The minimum atomic E-state index is 0.265. The van der Waals surface area contributed by atoms with Crippen LogP contribution in [0.25, 0.3) is 0 Å². The fraction of sp³-hybridized carbons (Fsp3) is 0.636. The Labute approximate surface area is 95.3 Å². The van der Waals surface area contributed by atoms with E-state index in [0.717, 1.165) is 12.4 Å². The first-order chi connectivity index (χ1) is 7.35. The van der Waals surface area contributed by atoms with E-state index in [4.69, 9.17) is 11.6 Å². The van der Waals surface area contributed by atoms with Gasteiger partial charge in [0.05, 0.1) is 0 Å². The molecule has 0 saturated heterocycles. The zero-order valence-electron chi connectivity index (χ0n) is 8.75. The van der Waals surface area contributed by atoms with Crippen molar-refractivity contribution in [3.8, 4) is 0 Å². The Bertz CT molecular complexity index is 296. The van der Waals surface area contributed by atoms with Crippen LogP contribution in [0.2, 0.25) is 0 Å². The topological polar surface area (TPSA) is 37.8 Å². The van der Waals surface area contributed by atoms with Gasteiger partial charge in [0, 0.05) is 30.2 Å². The van der Waals surface area contributed by atoms with E-state index in [2.05, 4.69) is 15.3 Å². The summed E-state index contributed by atoms with van der Waals surface area (Å²) in [5.74, 6) is 1.43. The lowest BCUT2D eigenvalue weighted by molar-refractivity contribution is 0.367. The van der Waals surface area contributed by atoms with E-state index < -0.39 is 0 Å². The molecular formula is C11H16ClN3. The molecule has 0 aromatic carbocycles. The Morgan fingerprint density at radius 3 is 2.53 bits per heavy atom. The minimum Gasteiger partial charge on any atom is -0.354 e. The van der Waals surface area contributed by atoms with Gasteiger partial charge in [-0.25, -0.2) is 9.97 Å². The van der Waals surface area contributed by atoms with Gasteiger partial charge in [-0.15, -0.1) is 11.6 Å². The normalized spacial score (nSPS) is 19.0. The van der Waals surface area contributed by atoms with Crippen molar-refractivity contribution in [2.45, 2.75) is 25.7 Å². The highest BCUT2D eigenvalue weighted by molar-refractivity contribution is 6.18. The van der Waals surface area contributed by atoms with Crippen LogP contribution in [-0.2, 0) is 0 Å². The van der Waals surface area contributed by atoms with E-state index in [1.165, 1.54) is 25.7 Å². The highest BCUT2D eigenvalue weighted by atomic mass is 35.5. The summed E-state index contributed by atoms with van der Waals surface area (Å²) in [7, 11) is 0. The number of halogens is 1. The lowest BCUT2D eigenvalue weighted by Crippen LogP contribution is -2.29. The van der Waals surface area contributed by atoms with Crippen molar-refractivity contribution >= 4 is 17.5 Å². The van der Waals surface area contributed by atoms with Crippen molar-refractivity contribution in [3.63, 3.8) is 0 Å². The van der Waals surface area contributed by atoms with E-state index in [1.807, 2.05) is 6.07 Å². The second-order valence-corrected chi connectivity index (χ2v) is 4.53. The number of hydrogen-bond acceptors (Lipinski definition) is 3. The van der Waals surface area contributed by atoms with Gasteiger partial charge in [0.15, 0.2) is 0 Å². The molecule has 0 spiro atoms. The quantitative estimate of drug-likeness (QED) is 0.801. The van der Waals surface area contributed by atoms with Gasteiger partial charge in [-0.3, -0.25) is 0 Å². The number of alkyl halides is 1. The Morgan fingerprint density at radius 2 is 1.93 bits per heavy atom. The van der Waals surface area contributed by atoms with Gasteiger partial charge in [-0.05, 0) is 18.9 Å². The lowest BCUT2D eigenvalue weighted by Gasteiger charge is -2.26. The Morgan fingerprint density at radius 1 is 1.27 bits per heavy atom. The first-order valence-corrected chi connectivity index (χ1v) is 5.95. The van der Waals surface area contributed by atoms with Gasteiger partial charge < -0.3 is 5.32 Å². The van der Waals surface area contributed by atoms with Crippen LogP contribution in [0.4, 0.5) is 5.95 Å². The first-order valence-electron chi connectivity index (χ1n) is 5.42. The van der Waals surface area contributed by atoms with Crippen molar-refractivity contribution in [1.29, 1.82) is 0 Å². The predicted octanol–water partition coefficient (Wildman–Crippen LogP) is 2.69. The minimum absolute atomic E-state index is 0.265. The fourth-order valence-electron chi connectivity index (χ4n) is 2.14. The van der Waals surface area contributed by atoms with Crippen LogP contribution in [-0.4, -0.2) is 22.4 Å². The van der Waals surface area contributed by atoms with Crippen LogP contribution in [0.3, 0.4) is 0 Å². The van der Waals surface area contributed by atoms with E-state index in [1.54, 1.807) is 12.4 Å². The molecule has 15 heavy (non-hydrogen) atoms. The summed E-state index contributed by atoms with van der Waals surface area (Å²) in [5.41, 5.74) is 0.265. The second-order valence-electron chi connectivity index (χ2n) is 4.27. The van der Waals surface area contributed by atoms with Gasteiger partial charge >= 0.3 is 0 Å². The van der Waals surface area contributed by atoms with Gasteiger partial charge in [0.25, 0.3) is 0 Å². The molecule has 3 nitrogen and oxygen atoms in total. The van der Waals surface area contributed by atoms with Gasteiger partial charge in [-0.1, -0.05) is 12.8 Å². The van der Waals surface area contributed by atoms with E-state index in [9.17, 15) is 0 Å². The molecule has 1 aliphatic rings. The number of nitrogens with zero attached hydrogens (tertiary/aromatic N) is 2. The summed E-state index contributed by atoms with van der Waals surface area (Å²) >= 11 is 6.05. The van der Waals surface area contributed by atoms with E-state index in [-0.39, 0.29) is 5.41 Å². The van der Waals surface area contributed by atoms with E-state index >= 15 is 0 Å². The lowest BCUT2D eigenvalue weighted by atomic mass is 9.89. The maximum atomic E-state index is 6.05. The van der Waals surface area contributed by atoms with E-state index in [0.29, 0.717) is 5.95 Å². The van der Waals surface area contributed by atoms with Crippen LogP contribution < -0.4 is 5.32 Å². The summed E-state index contributed by atoms with van der Waals surface area (Å²) in [6.07, 6.45) is 8.52. The van der Waals surface area contributed by atoms with Gasteiger partial charge in [0.1, 0.15) is 0 Å². The molecule has 0 atom stereocenters. The number of hydrogen-bond donors (Lipinski definition) is 1. The maximum Gasteiger partial charge on any atom is 0.222 e. The number of rotatable bonds is 4. The molecule has 0 radical (unpaired) electrons. The highest BCUT2D eigenvalue weighted by Gasteiger charge is 2.32. The zero-order chi connectivity index (χ0) is 10.6. The maximum absolute atomic E-state index is 6.05. The van der Waals surface area contributed by atoms with Crippen molar-refractivity contribution in [3.05, 3.63) is 18.5 Å². The molecule has 1 heterocycles. The SMILES string of the molecule is ClCC1(CNc2ncccn2)CCCC1. The molecule has 1 saturated carbocycles. The summed E-state index contributed by atoms with van der Waals surface area (Å²) in [6, 6.07) is 1.82. The summed E-state index contributed by atoms with van der Waals surface area (Å²) in [6.45, 7) is 0.889. The molecule has 82 valence electrons. The molecule has 1 aliphatic carbocycles. The molecule has 1 fully saturated rings. The number of aromatic nitrogens is 2. The molecule has 0 aliphatic heterocycles. The molecule has 0 bridgehead atoms. The summed E-state index contributed by atoms with van der Waals surface area (Å²) in [4.78, 5) is 8.28. The summed E-state index contributed by atoms with van der Waals surface area (Å²) in [5, 5.41) is 3.27. The van der Waals surface area contributed by atoms with Crippen LogP contribution >= 0.6 is 11.6 Å². The van der Waals surface area contributed by atoms with Crippen molar-refractivity contribution in [2.24, 2.45) is 5.41 Å². The number of anilines is 1. The average Bonchev–Trinajstić information content (AvgIpc) is 2.77. The third kappa shape index (κ3) is 2.59. The molecule has 4 heteroatoms. The van der Waals surface area contributed by atoms with Crippen molar-refractivity contribution in [2.75, 3.05) is 17.7 Å². The third-order valence-corrected chi connectivity index (χ3v) is 3.70. The largest absolute Gasteiger partial charge is 0.354 e. The van der Waals surface area contributed by atoms with Crippen LogP contribution in [0.15, 0.2) is 18.5 Å². The molecule has 2 rings (SSSR count). The molecule has 0 amide bonds. The second kappa shape index (κ2) is 4.79. The Balaban J connectivity index is 1.92. The van der Waals surface area contributed by atoms with Gasteiger partial charge in [-0.2, -0.15) is 0 Å². The molecule has 1 N–H and O–H groups in total. The van der Waals surface area contributed by atoms with Crippen LogP contribution in [0.1, 0.15) is 25.7 Å². The smallest absolute Gasteiger partial charge is 0.222 e. The average molecular weight is 226 g/mol. The summed E-state index contributed by atoms with van der Waals surface area (Å²) < 4.78 is 0. The molecule has 1 aromatic heterocycles. The fourth-order valence-corrected chi connectivity index (χ4v) is 2.50. The standard InChI is InChI=1S/C11H16ClN3/c12-8-11(4-1-2-5-11)9-15-10-13-6-3-7-14-10/h3,6-7H,1-2,4-5,8-9H2,(H,13,14,15). The van der Waals surface area contributed by atoms with Crippen molar-refractivity contribution < 1.29 is 0 Å². The molecule has 0 unspecified atom stereocenters. The zero-order valence-corrected chi connectivity index (χ0v) is 9.50. The molecular weight excluding hydrogens is 210 g/mol. The first kappa shape index (κ1) is 10.7. The van der Waals surface area contributed by atoms with Gasteiger partial charge in [0.2, 0.25) is 5.95 Å². The van der Waals surface area contributed by atoms with Crippen LogP contribution in [0.5, 0.6) is 0 Å².